The predicted molar refractivity (Wildman–Crippen MR) is 64.4 cm³/mol. The molecule has 0 fully saturated rings. The largest absolute Gasteiger partial charge is 0.416 e. The molecule has 0 radical (unpaired) electrons. The summed E-state index contributed by atoms with van der Waals surface area (Å²) < 4.78 is 43.3. The molecule has 0 aliphatic rings. The molecule has 0 spiro atoms. The molecule has 1 heterocycles. The van der Waals surface area contributed by atoms with E-state index in [4.69, 9.17) is 4.52 Å². The van der Waals surface area contributed by atoms with Crippen molar-refractivity contribution in [2.24, 2.45) is 0 Å². The lowest BCUT2D eigenvalue weighted by Gasteiger charge is -2.05. The van der Waals surface area contributed by atoms with E-state index in [1.807, 2.05) is 6.07 Å². The zero-order valence-corrected chi connectivity index (χ0v) is 9.61. The summed E-state index contributed by atoms with van der Waals surface area (Å²) in [6.45, 7) is 0. The monoisotopic (exact) mass is 263 g/mol. The van der Waals surface area contributed by atoms with Crippen LogP contribution in [-0.4, -0.2) is 5.16 Å². The minimum Gasteiger partial charge on any atom is -0.355 e. The fraction of sp³-hybridized carbons (Fsp3) is 0.0714. The lowest BCUT2D eigenvalue weighted by Crippen LogP contribution is -2.04. The number of benzene rings is 2. The lowest BCUT2D eigenvalue weighted by atomic mass is 10.1. The van der Waals surface area contributed by atoms with Crippen LogP contribution in [0.5, 0.6) is 0 Å². The minimum atomic E-state index is -4.38. The molecule has 19 heavy (non-hydrogen) atoms. The van der Waals surface area contributed by atoms with Crippen molar-refractivity contribution in [1.82, 2.24) is 5.16 Å². The normalized spacial score (nSPS) is 11.9. The molecule has 3 aromatic rings. The fourth-order valence-corrected chi connectivity index (χ4v) is 1.92. The van der Waals surface area contributed by atoms with Crippen LogP contribution in [0.15, 0.2) is 53.1 Å². The van der Waals surface area contributed by atoms with E-state index in [2.05, 4.69) is 5.16 Å². The smallest absolute Gasteiger partial charge is 0.355 e. The topological polar surface area (TPSA) is 26.0 Å². The second-order valence-corrected chi connectivity index (χ2v) is 4.11. The molecule has 0 saturated carbocycles. The number of alkyl halides is 3. The third-order valence-corrected chi connectivity index (χ3v) is 2.84. The average molecular weight is 263 g/mol. The maximum absolute atomic E-state index is 12.7. The van der Waals surface area contributed by atoms with Gasteiger partial charge in [0.1, 0.15) is 5.52 Å². The molecule has 0 bridgehead atoms. The summed E-state index contributed by atoms with van der Waals surface area (Å²) in [6.07, 6.45) is -4.38. The zero-order chi connectivity index (χ0) is 13.5. The first kappa shape index (κ1) is 11.8. The maximum Gasteiger partial charge on any atom is 0.416 e. The number of nitrogens with zero attached hydrogens (tertiary/aromatic N) is 1. The number of rotatable bonds is 1. The molecule has 0 aliphatic heterocycles. The van der Waals surface area contributed by atoms with Crippen molar-refractivity contribution in [2.45, 2.75) is 6.18 Å². The summed E-state index contributed by atoms with van der Waals surface area (Å²) in [5, 5.41) is 4.14. The van der Waals surface area contributed by atoms with E-state index >= 15 is 0 Å². The van der Waals surface area contributed by atoms with Gasteiger partial charge in [0.05, 0.1) is 10.9 Å². The molecule has 2 nitrogen and oxygen atoms in total. The standard InChI is InChI=1S/C14H8F3NO/c15-14(16,17)10-6-7-12-11(8-10)13(19-18-12)9-4-2-1-3-5-9/h1-8H. The van der Waals surface area contributed by atoms with Gasteiger partial charge in [0.25, 0.3) is 0 Å². The van der Waals surface area contributed by atoms with Gasteiger partial charge >= 0.3 is 6.18 Å². The molecule has 0 unspecified atom stereocenters. The minimum absolute atomic E-state index is 0.349. The SMILES string of the molecule is FC(F)(F)c1ccc2noc(-c3ccccc3)c2c1. The summed E-state index contributed by atoms with van der Waals surface area (Å²) in [5.41, 5.74) is 0.400. The highest BCUT2D eigenvalue weighted by Gasteiger charge is 2.31. The number of hydrogen-bond donors (Lipinski definition) is 0. The van der Waals surface area contributed by atoms with Gasteiger partial charge in [-0.1, -0.05) is 35.5 Å². The van der Waals surface area contributed by atoms with Crippen LogP contribution in [0, 0.1) is 0 Å². The van der Waals surface area contributed by atoms with E-state index in [-0.39, 0.29) is 0 Å². The van der Waals surface area contributed by atoms with Gasteiger partial charge in [-0.05, 0) is 18.2 Å². The highest BCUT2D eigenvalue weighted by atomic mass is 19.4. The van der Waals surface area contributed by atoms with E-state index < -0.39 is 11.7 Å². The van der Waals surface area contributed by atoms with Crippen molar-refractivity contribution >= 4 is 10.9 Å². The van der Waals surface area contributed by atoms with Crippen molar-refractivity contribution in [3.63, 3.8) is 0 Å². The van der Waals surface area contributed by atoms with Gasteiger partial charge in [-0.15, -0.1) is 0 Å². The Labute approximate surface area is 106 Å². The van der Waals surface area contributed by atoms with Gasteiger partial charge in [-0.2, -0.15) is 13.2 Å². The highest BCUT2D eigenvalue weighted by Crippen LogP contribution is 2.35. The van der Waals surface area contributed by atoms with Crippen LogP contribution < -0.4 is 0 Å². The summed E-state index contributed by atoms with van der Waals surface area (Å²) in [7, 11) is 0. The highest BCUT2D eigenvalue weighted by molar-refractivity contribution is 5.92. The quantitative estimate of drug-likeness (QED) is 0.645. The molecule has 0 saturated heterocycles. The Morgan fingerprint density at radius 1 is 0.947 bits per heavy atom. The van der Waals surface area contributed by atoms with E-state index in [0.717, 1.165) is 12.1 Å². The molecule has 0 amide bonds. The third kappa shape index (κ3) is 2.07. The van der Waals surface area contributed by atoms with Crippen molar-refractivity contribution in [2.75, 3.05) is 0 Å². The van der Waals surface area contributed by atoms with Crippen molar-refractivity contribution in [3.05, 3.63) is 54.1 Å². The van der Waals surface area contributed by atoms with Gasteiger partial charge in [0, 0.05) is 5.56 Å². The van der Waals surface area contributed by atoms with Crippen molar-refractivity contribution in [3.8, 4) is 11.3 Å². The van der Waals surface area contributed by atoms with Crippen LogP contribution >= 0.6 is 0 Å². The number of aromatic nitrogens is 1. The van der Waals surface area contributed by atoms with Gasteiger partial charge in [0.2, 0.25) is 0 Å². The molecule has 0 atom stereocenters. The third-order valence-electron chi connectivity index (χ3n) is 2.84. The Morgan fingerprint density at radius 3 is 2.37 bits per heavy atom. The number of halogens is 3. The Bertz CT molecular complexity index is 716. The molecule has 1 aromatic heterocycles. The first-order chi connectivity index (χ1) is 9.05. The molecule has 3 rings (SSSR count). The second kappa shape index (κ2) is 4.12. The Hall–Kier alpha value is -2.30. The average Bonchev–Trinajstić information content (AvgIpc) is 2.81. The van der Waals surface area contributed by atoms with Crippen molar-refractivity contribution in [1.29, 1.82) is 0 Å². The Balaban J connectivity index is 2.22. The number of fused-ring (bicyclic) bond motifs is 1. The van der Waals surface area contributed by atoms with Gasteiger partial charge < -0.3 is 4.52 Å². The zero-order valence-electron chi connectivity index (χ0n) is 9.61. The van der Waals surface area contributed by atoms with Crippen LogP contribution in [0.25, 0.3) is 22.2 Å². The van der Waals surface area contributed by atoms with E-state index in [9.17, 15) is 13.2 Å². The molecule has 5 heteroatoms. The molecular weight excluding hydrogens is 255 g/mol. The van der Waals surface area contributed by atoms with E-state index in [0.29, 0.717) is 22.2 Å². The molecule has 0 aliphatic carbocycles. The van der Waals surface area contributed by atoms with Crippen LogP contribution in [0.3, 0.4) is 0 Å². The van der Waals surface area contributed by atoms with E-state index in [1.54, 1.807) is 24.3 Å². The second-order valence-electron chi connectivity index (χ2n) is 4.11. The van der Waals surface area contributed by atoms with Gasteiger partial charge in [-0.3, -0.25) is 0 Å². The summed E-state index contributed by atoms with van der Waals surface area (Å²) in [5.74, 6) is 0.349. The van der Waals surface area contributed by atoms with Crippen LogP contribution in [0.2, 0.25) is 0 Å². The van der Waals surface area contributed by atoms with Crippen molar-refractivity contribution < 1.29 is 17.7 Å². The Kier molecular flexibility index (Phi) is 2.55. The molecule has 0 N–H and O–H groups in total. The number of hydrogen-bond acceptors (Lipinski definition) is 2. The van der Waals surface area contributed by atoms with Gasteiger partial charge in [-0.25, -0.2) is 0 Å². The van der Waals surface area contributed by atoms with Crippen LogP contribution in [-0.2, 0) is 6.18 Å². The van der Waals surface area contributed by atoms with Crippen LogP contribution in [0.4, 0.5) is 13.2 Å². The molecular formula is C14H8F3NO. The first-order valence-electron chi connectivity index (χ1n) is 5.58. The first-order valence-corrected chi connectivity index (χ1v) is 5.58. The summed E-state index contributed by atoms with van der Waals surface area (Å²) in [6, 6.07) is 12.3. The lowest BCUT2D eigenvalue weighted by molar-refractivity contribution is -0.137. The summed E-state index contributed by atoms with van der Waals surface area (Å²) in [4.78, 5) is 0. The molecule has 96 valence electrons. The van der Waals surface area contributed by atoms with E-state index in [1.165, 1.54) is 6.07 Å². The maximum atomic E-state index is 12.7. The van der Waals surface area contributed by atoms with Gasteiger partial charge in [0.15, 0.2) is 5.76 Å². The molecule has 2 aromatic carbocycles. The Morgan fingerprint density at radius 2 is 1.68 bits per heavy atom. The summed E-state index contributed by atoms with van der Waals surface area (Å²) >= 11 is 0. The van der Waals surface area contributed by atoms with Crippen LogP contribution in [0.1, 0.15) is 5.56 Å². The predicted octanol–water partition coefficient (Wildman–Crippen LogP) is 4.51. The fourth-order valence-electron chi connectivity index (χ4n) is 1.92.